The van der Waals surface area contributed by atoms with E-state index >= 15 is 0 Å². The molecule has 0 saturated carbocycles. The maximum absolute atomic E-state index is 12.2. The molecule has 5 nitrogen and oxygen atoms in total. The van der Waals surface area contributed by atoms with Gasteiger partial charge in [0.1, 0.15) is 6.42 Å². The second-order valence-electron chi connectivity index (χ2n) is 6.76. The van der Waals surface area contributed by atoms with Gasteiger partial charge in [-0.2, -0.15) is 0 Å². The number of carbonyl (C=O) groups excluding carboxylic acids is 2. The molecule has 0 atom stereocenters. The third-order valence-corrected chi connectivity index (χ3v) is 4.89. The Bertz CT molecular complexity index is 556. The Hall–Kier alpha value is -2.04. The van der Waals surface area contributed by atoms with Gasteiger partial charge >= 0.3 is 0 Å². The number of nitrogens with one attached hydrogen (secondary N) is 1. The van der Waals surface area contributed by atoms with E-state index in [2.05, 4.69) is 10.2 Å². The average molecular weight is 329 g/mol. The van der Waals surface area contributed by atoms with Crippen LogP contribution in [0.15, 0.2) is 24.3 Å². The SMILES string of the molecule is O=C(CC(=O)N1CCCCCC1)Nc1ccc(N2CCCC2)cc1. The van der Waals surface area contributed by atoms with Crippen molar-refractivity contribution >= 4 is 23.2 Å². The first kappa shape index (κ1) is 16.8. The fraction of sp³-hybridized carbons (Fsp3) is 0.579. The summed E-state index contributed by atoms with van der Waals surface area (Å²) in [6.45, 7) is 3.79. The minimum atomic E-state index is -0.224. The lowest BCUT2D eigenvalue weighted by Crippen LogP contribution is -2.34. The number of carbonyl (C=O) groups is 2. The molecule has 5 heteroatoms. The Morgan fingerprint density at radius 1 is 0.833 bits per heavy atom. The van der Waals surface area contributed by atoms with Crippen molar-refractivity contribution in [2.45, 2.75) is 44.9 Å². The van der Waals surface area contributed by atoms with Gasteiger partial charge in [0.2, 0.25) is 11.8 Å². The molecule has 0 bridgehead atoms. The van der Waals surface area contributed by atoms with Gasteiger partial charge in [-0.15, -0.1) is 0 Å². The van der Waals surface area contributed by atoms with Gasteiger partial charge in [0.25, 0.3) is 0 Å². The van der Waals surface area contributed by atoms with Crippen molar-refractivity contribution in [3.8, 4) is 0 Å². The number of nitrogens with zero attached hydrogens (tertiary/aromatic N) is 2. The van der Waals surface area contributed by atoms with Crippen LogP contribution in [0.4, 0.5) is 11.4 Å². The zero-order valence-electron chi connectivity index (χ0n) is 14.3. The highest BCUT2D eigenvalue weighted by Crippen LogP contribution is 2.22. The van der Waals surface area contributed by atoms with E-state index in [9.17, 15) is 9.59 Å². The molecule has 130 valence electrons. The van der Waals surface area contributed by atoms with Crippen molar-refractivity contribution in [1.29, 1.82) is 0 Å². The second kappa shape index (κ2) is 8.18. The molecule has 1 aromatic carbocycles. The zero-order chi connectivity index (χ0) is 16.8. The highest BCUT2D eigenvalue weighted by atomic mass is 16.2. The Morgan fingerprint density at radius 3 is 2.04 bits per heavy atom. The minimum absolute atomic E-state index is 0.0527. The van der Waals surface area contributed by atoms with Crippen molar-refractivity contribution in [3.05, 3.63) is 24.3 Å². The van der Waals surface area contributed by atoms with Crippen molar-refractivity contribution in [1.82, 2.24) is 4.90 Å². The van der Waals surface area contributed by atoms with Gasteiger partial charge < -0.3 is 15.1 Å². The van der Waals surface area contributed by atoms with E-state index in [0.717, 1.165) is 44.7 Å². The Morgan fingerprint density at radius 2 is 1.42 bits per heavy atom. The molecule has 2 amide bonds. The van der Waals surface area contributed by atoms with Crippen LogP contribution in [0, 0.1) is 0 Å². The summed E-state index contributed by atoms with van der Waals surface area (Å²) in [4.78, 5) is 28.6. The van der Waals surface area contributed by atoms with E-state index in [-0.39, 0.29) is 18.2 Å². The zero-order valence-corrected chi connectivity index (χ0v) is 14.3. The summed E-state index contributed by atoms with van der Waals surface area (Å²) >= 11 is 0. The van der Waals surface area contributed by atoms with E-state index < -0.39 is 0 Å². The van der Waals surface area contributed by atoms with Gasteiger partial charge in [-0.3, -0.25) is 9.59 Å². The lowest BCUT2D eigenvalue weighted by atomic mass is 10.2. The first-order valence-electron chi connectivity index (χ1n) is 9.15. The molecule has 2 fully saturated rings. The molecule has 1 N–H and O–H groups in total. The number of amides is 2. The molecule has 1 aromatic rings. The molecule has 0 spiro atoms. The second-order valence-corrected chi connectivity index (χ2v) is 6.76. The van der Waals surface area contributed by atoms with E-state index in [1.54, 1.807) is 0 Å². The summed E-state index contributed by atoms with van der Waals surface area (Å²) in [5.41, 5.74) is 1.96. The predicted molar refractivity (Wildman–Crippen MR) is 96.2 cm³/mol. The van der Waals surface area contributed by atoms with Gasteiger partial charge in [-0.05, 0) is 49.9 Å². The molecule has 3 rings (SSSR count). The van der Waals surface area contributed by atoms with Gasteiger partial charge in [0.15, 0.2) is 0 Å². The third-order valence-electron chi connectivity index (χ3n) is 4.89. The minimum Gasteiger partial charge on any atom is -0.372 e. The van der Waals surface area contributed by atoms with Crippen LogP contribution in [-0.2, 0) is 9.59 Å². The lowest BCUT2D eigenvalue weighted by Gasteiger charge is -2.20. The topological polar surface area (TPSA) is 52.7 Å². The Kier molecular flexibility index (Phi) is 5.72. The predicted octanol–water partition coefficient (Wildman–Crippen LogP) is 3.02. The monoisotopic (exact) mass is 329 g/mol. The van der Waals surface area contributed by atoms with Crippen molar-refractivity contribution in [3.63, 3.8) is 0 Å². The van der Waals surface area contributed by atoms with E-state index in [1.165, 1.54) is 31.4 Å². The molecular formula is C19H27N3O2. The molecule has 0 unspecified atom stereocenters. The van der Waals surface area contributed by atoms with Crippen molar-refractivity contribution < 1.29 is 9.59 Å². The summed E-state index contributed by atoms with van der Waals surface area (Å²) < 4.78 is 0. The molecule has 0 radical (unpaired) electrons. The van der Waals surface area contributed by atoms with Crippen LogP contribution in [0.25, 0.3) is 0 Å². The van der Waals surface area contributed by atoms with Crippen LogP contribution in [0.3, 0.4) is 0 Å². The quantitative estimate of drug-likeness (QED) is 0.864. The van der Waals surface area contributed by atoms with Crippen LogP contribution < -0.4 is 10.2 Å². The van der Waals surface area contributed by atoms with Gasteiger partial charge in [-0.25, -0.2) is 0 Å². The maximum atomic E-state index is 12.2. The standard InChI is InChI=1S/C19H27N3O2/c23-18(15-19(24)22-13-3-1-2-4-14-22)20-16-7-9-17(10-8-16)21-11-5-6-12-21/h7-10H,1-6,11-15H2,(H,20,23). The molecule has 24 heavy (non-hydrogen) atoms. The smallest absolute Gasteiger partial charge is 0.233 e. The summed E-state index contributed by atoms with van der Waals surface area (Å²) in [5.74, 6) is -0.277. The van der Waals surface area contributed by atoms with E-state index in [4.69, 9.17) is 0 Å². The Balaban J connectivity index is 1.49. The first-order valence-corrected chi connectivity index (χ1v) is 9.15. The van der Waals surface area contributed by atoms with Gasteiger partial charge in [-0.1, -0.05) is 12.8 Å². The fourth-order valence-corrected chi connectivity index (χ4v) is 3.51. The maximum Gasteiger partial charge on any atom is 0.233 e. The largest absolute Gasteiger partial charge is 0.372 e. The highest BCUT2D eigenvalue weighted by Gasteiger charge is 2.18. The number of hydrogen-bond acceptors (Lipinski definition) is 3. The summed E-state index contributed by atoms with van der Waals surface area (Å²) in [6, 6.07) is 7.92. The summed E-state index contributed by atoms with van der Waals surface area (Å²) in [7, 11) is 0. The lowest BCUT2D eigenvalue weighted by molar-refractivity contribution is -0.134. The molecule has 0 aliphatic carbocycles. The molecule has 0 aromatic heterocycles. The van der Waals surface area contributed by atoms with Crippen LogP contribution in [0.2, 0.25) is 0 Å². The Labute approximate surface area is 144 Å². The molecule has 2 aliphatic rings. The summed E-state index contributed by atoms with van der Waals surface area (Å²) in [5, 5.41) is 2.84. The van der Waals surface area contributed by atoms with Gasteiger partial charge in [0.05, 0.1) is 0 Å². The van der Waals surface area contributed by atoms with Crippen molar-refractivity contribution in [2.75, 3.05) is 36.4 Å². The molecule has 2 heterocycles. The van der Waals surface area contributed by atoms with Crippen LogP contribution >= 0.6 is 0 Å². The average Bonchev–Trinajstić information content (AvgIpc) is 2.97. The molecule has 2 aliphatic heterocycles. The van der Waals surface area contributed by atoms with E-state index in [0.29, 0.717) is 0 Å². The fourth-order valence-electron chi connectivity index (χ4n) is 3.51. The van der Waals surface area contributed by atoms with Crippen LogP contribution in [-0.4, -0.2) is 42.9 Å². The first-order chi connectivity index (χ1) is 11.7. The van der Waals surface area contributed by atoms with Gasteiger partial charge in [0, 0.05) is 37.6 Å². The third kappa shape index (κ3) is 4.49. The molecule has 2 saturated heterocycles. The van der Waals surface area contributed by atoms with Crippen LogP contribution in [0.1, 0.15) is 44.9 Å². The van der Waals surface area contributed by atoms with E-state index in [1.807, 2.05) is 29.2 Å². The van der Waals surface area contributed by atoms with Crippen molar-refractivity contribution in [2.24, 2.45) is 0 Å². The molecular weight excluding hydrogens is 302 g/mol. The highest BCUT2D eigenvalue weighted by molar-refractivity contribution is 6.03. The normalized spacial score (nSPS) is 18.3. The number of rotatable bonds is 4. The summed E-state index contributed by atoms with van der Waals surface area (Å²) in [6.07, 6.45) is 6.89. The number of hydrogen-bond donors (Lipinski definition) is 1. The number of anilines is 2. The number of benzene rings is 1. The van der Waals surface area contributed by atoms with Crippen LogP contribution in [0.5, 0.6) is 0 Å². The number of likely N-dealkylation sites (tertiary alicyclic amines) is 1.